The monoisotopic (exact) mass is 502 g/mol. The molecular weight excluding hydrogens is 480 g/mol. The van der Waals surface area contributed by atoms with Crippen LogP contribution in [0.15, 0.2) is 66.8 Å². The Hall–Kier alpha value is -4.50. The Morgan fingerprint density at radius 2 is 1.94 bits per heavy atom. The number of aromatic nitrogens is 3. The van der Waals surface area contributed by atoms with Crippen molar-refractivity contribution in [2.24, 2.45) is 0 Å². The van der Waals surface area contributed by atoms with E-state index in [-0.39, 0.29) is 24.6 Å². The van der Waals surface area contributed by atoms with Gasteiger partial charge in [0, 0.05) is 30.5 Å². The lowest BCUT2D eigenvalue weighted by Crippen LogP contribution is -2.34. The Morgan fingerprint density at radius 3 is 2.67 bits per heavy atom. The topological polar surface area (TPSA) is 129 Å². The van der Waals surface area contributed by atoms with Crippen molar-refractivity contribution in [3.63, 3.8) is 0 Å². The number of anilines is 1. The van der Waals surface area contributed by atoms with Crippen molar-refractivity contribution in [2.75, 3.05) is 11.9 Å². The zero-order valence-corrected chi connectivity index (χ0v) is 20.1. The van der Waals surface area contributed by atoms with E-state index in [1.165, 1.54) is 6.08 Å². The van der Waals surface area contributed by atoms with Gasteiger partial charge in [-0.1, -0.05) is 48.0 Å². The number of H-pyrrole nitrogens is 1. The van der Waals surface area contributed by atoms with Crippen LogP contribution >= 0.6 is 11.6 Å². The number of imidazole rings is 1. The van der Waals surface area contributed by atoms with Crippen molar-refractivity contribution in [3.05, 3.63) is 94.3 Å². The molecule has 2 aromatic heterocycles. The molecule has 3 heterocycles. The number of carbonyl (C=O) groups is 3. The van der Waals surface area contributed by atoms with Gasteiger partial charge in [0.25, 0.3) is 17.7 Å². The summed E-state index contributed by atoms with van der Waals surface area (Å²) in [4.78, 5) is 48.1. The zero-order chi connectivity index (χ0) is 25.5. The van der Waals surface area contributed by atoms with Crippen LogP contribution in [0, 0.1) is 0 Å². The summed E-state index contributed by atoms with van der Waals surface area (Å²) in [6.45, 7) is 2.07. The van der Waals surface area contributed by atoms with Gasteiger partial charge in [-0.15, -0.1) is 0 Å². The summed E-state index contributed by atoms with van der Waals surface area (Å²) in [5.41, 5.74) is 4.44. The Morgan fingerprint density at radius 1 is 1.11 bits per heavy atom. The van der Waals surface area contributed by atoms with Gasteiger partial charge in [-0.25, -0.2) is 9.97 Å². The molecule has 0 saturated heterocycles. The average molecular weight is 503 g/mol. The van der Waals surface area contributed by atoms with E-state index in [0.717, 1.165) is 22.4 Å². The maximum atomic E-state index is 12.5. The van der Waals surface area contributed by atoms with E-state index in [0.29, 0.717) is 16.4 Å². The summed E-state index contributed by atoms with van der Waals surface area (Å²) in [5, 5.41) is 8.63. The highest BCUT2D eigenvalue weighted by Gasteiger charge is 2.24. The molecule has 36 heavy (non-hydrogen) atoms. The van der Waals surface area contributed by atoms with Gasteiger partial charge >= 0.3 is 0 Å². The lowest BCUT2D eigenvalue weighted by Gasteiger charge is -2.09. The van der Waals surface area contributed by atoms with Crippen LogP contribution in [0.3, 0.4) is 0 Å². The number of hydrogen-bond acceptors (Lipinski definition) is 5. The number of fused-ring (bicyclic) bond motifs is 1. The molecule has 1 aromatic carbocycles. The van der Waals surface area contributed by atoms with E-state index in [9.17, 15) is 14.4 Å². The third-order valence-electron chi connectivity index (χ3n) is 5.36. The van der Waals surface area contributed by atoms with Gasteiger partial charge < -0.3 is 20.9 Å². The standard InChI is InChI=1S/C26H23ClN6O3/c1-2-19(25(35)31-13-17-6-8-23(27)30-12-17)24(34)29-9-3-4-16-5-7-20-21(11-18-14-28-15-32-18)26(36)33-22(20)10-16/h2-8,10-12,14-15H,9,13H2,1H3,(H,28,32)(H,29,34)(H,31,35)(H,33,36). The third-order valence-corrected chi connectivity index (χ3v) is 5.58. The van der Waals surface area contributed by atoms with Crippen LogP contribution in [-0.2, 0) is 20.9 Å². The Balaban J connectivity index is 1.31. The first-order chi connectivity index (χ1) is 17.4. The van der Waals surface area contributed by atoms with E-state index in [1.54, 1.807) is 49.9 Å². The van der Waals surface area contributed by atoms with Gasteiger partial charge in [-0.2, -0.15) is 0 Å². The fourth-order valence-electron chi connectivity index (χ4n) is 3.56. The number of amides is 3. The molecule has 0 radical (unpaired) electrons. The molecule has 182 valence electrons. The fraction of sp³-hybridized carbons (Fsp3) is 0.115. The summed E-state index contributed by atoms with van der Waals surface area (Å²) in [6, 6.07) is 8.98. The van der Waals surface area contributed by atoms with E-state index < -0.39 is 11.8 Å². The highest BCUT2D eigenvalue weighted by atomic mass is 35.5. The highest BCUT2D eigenvalue weighted by molar-refractivity contribution is 6.34. The van der Waals surface area contributed by atoms with Crippen LogP contribution in [0.5, 0.6) is 0 Å². The normalized spacial score (nSPS) is 14.1. The Bertz CT molecular complexity index is 1380. The van der Waals surface area contributed by atoms with Crippen LogP contribution in [0.2, 0.25) is 5.15 Å². The summed E-state index contributed by atoms with van der Waals surface area (Å²) in [6.07, 6.45) is 11.6. The summed E-state index contributed by atoms with van der Waals surface area (Å²) in [5.74, 6) is -1.15. The predicted molar refractivity (Wildman–Crippen MR) is 138 cm³/mol. The molecule has 10 heteroatoms. The Labute approximate surface area is 212 Å². The average Bonchev–Trinajstić information content (AvgIpc) is 3.49. The van der Waals surface area contributed by atoms with Crippen LogP contribution < -0.4 is 16.0 Å². The second kappa shape index (κ2) is 11.3. The quantitative estimate of drug-likeness (QED) is 0.162. The molecule has 0 atom stereocenters. The van der Waals surface area contributed by atoms with Gasteiger partial charge in [0.1, 0.15) is 5.15 Å². The second-order valence-corrected chi connectivity index (χ2v) is 8.20. The molecule has 9 nitrogen and oxygen atoms in total. The first-order valence-electron chi connectivity index (χ1n) is 11.1. The van der Waals surface area contributed by atoms with Gasteiger partial charge in [-0.3, -0.25) is 14.4 Å². The number of carbonyl (C=O) groups excluding carboxylic acids is 3. The van der Waals surface area contributed by atoms with Crippen LogP contribution in [0.25, 0.3) is 17.7 Å². The number of halogens is 1. The lowest BCUT2D eigenvalue weighted by molar-refractivity contribution is -0.123. The fourth-order valence-corrected chi connectivity index (χ4v) is 3.67. The van der Waals surface area contributed by atoms with Gasteiger partial charge in [-0.05, 0) is 36.3 Å². The van der Waals surface area contributed by atoms with Crippen molar-refractivity contribution in [3.8, 4) is 0 Å². The molecule has 0 spiro atoms. The minimum Gasteiger partial charge on any atom is -0.348 e. The van der Waals surface area contributed by atoms with Crippen molar-refractivity contribution >= 4 is 52.7 Å². The molecule has 0 fully saturated rings. The van der Waals surface area contributed by atoms with Crippen molar-refractivity contribution in [1.29, 1.82) is 0 Å². The van der Waals surface area contributed by atoms with Crippen LogP contribution in [-0.4, -0.2) is 39.2 Å². The first kappa shape index (κ1) is 24.6. The van der Waals surface area contributed by atoms with E-state index in [2.05, 4.69) is 30.9 Å². The number of rotatable bonds is 8. The number of allylic oxidation sites excluding steroid dienone is 1. The molecule has 4 N–H and O–H groups in total. The number of aromatic amines is 1. The minimum atomic E-state index is -0.484. The summed E-state index contributed by atoms with van der Waals surface area (Å²) >= 11 is 5.76. The first-order valence-corrected chi connectivity index (χ1v) is 11.5. The Kier molecular flexibility index (Phi) is 7.72. The van der Waals surface area contributed by atoms with E-state index >= 15 is 0 Å². The molecule has 4 rings (SSSR count). The number of pyridine rings is 1. The molecular formula is C26H23ClN6O3. The molecule has 0 aliphatic carbocycles. The van der Waals surface area contributed by atoms with Crippen molar-refractivity contribution < 1.29 is 14.4 Å². The highest BCUT2D eigenvalue weighted by Crippen LogP contribution is 2.33. The smallest absolute Gasteiger partial charge is 0.256 e. The van der Waals surface area contributed by atoms with Crippen molar-refractivity contribution in [2.45, 2.75) is 13.5 Å². The van der Waals surface area contributed by atoms with E-state index in [4.69, 9.17) is 11.6 Å². The zero-order valence-electron chi connectivity index (χ0n) is 19.3. The predicted octanol–water partition coefficient (Wildman–Crippen LogP) is 3.34. The molecule has 1 aliphatic rings. The molecule has 0 saturated carbocycles. The molecule has 0 unspecified atom stereocenters. The molecule has 3 aromatic rings. The van der Waals surface area contributed by atoms with Crippen LogP contribution in [0.1, 0.15) is 29.3 Å². The van der Waals surface area contributed by atoms with Gasteiger partial charge in [0.15, 0.2) is 0 Å². The number of benzene rings is 1. The van der Waals surface area contributed by atoms with E-state index in [1.807, 2.05) is 24.3 Å². The molecule has 0 bridgehead atoms. The summed E-state index contributed by atoms with van der Waals surface area (Å²) in [7, 11) is 0. The van der Waals surface area contributed by atoms with Crippen molar-refractivity contribution in [1.82, 2.24) is 25.6 Å². The van der Waals surface area contributed by atoms with Gasteiger partial charge in [0.05, 0.1) is 29.4 Å². The number of hydrogen-bond donors (Lipinski definition) is 4. The largest absolute Gasteiger partial charge is 0.348 e. The maximum absolute atomic E-state index is 12.5. The number of nitrogens with zero attached hydrogens (tertiary/aromatic N) is 2. The van der Waals surface area contributed by atoms with Crippen LogP contribution in [0.4, 0.5) is 5.69 Å². The lowest BCUT2D eigenvalue weighted by atomic mass is 10.0. The summed E-state index contributed by atoms with van der Waals surface area (Å²) < 4.78 is 0. The maximum Gasteiger partial charge on any atom is 0.256 e. The second-order valence-electron chi connectivity index (χ2n) is 7.81. The minimum absolute atomic E-state index is 0.0159. The van der Waals surface area contributed by atoms with Gasteiger partial charge in [0.2, 0.25) is 0 Å². The SMILES string of the molecule is CC=C(C(=O)NCC=Cc1ccc2c(c1)NC(=O)C2=Cc1cnc[nH]1)C(=O)NCc1ccc(Cl)nc1. The molecule has 3 amide bonds. The number of nitrogens with one attached hydrogen (secondary N) is 4. The molecule has 1 aliphatic heterocycles. The third kappa shape index (κ3) is 5.94.